The van der Waals surface area contributed by atoms with Crippen molar-refractivity contribution in [1.82, 2.24) is 14.8 Å². The monoisotopic (exact) mass is 444 g/mol. The lowest BCUT2D eigenvalue weighted by molar-refractivity contribution is -0.117. The topological polar surface area (TPSA) is 71.2 Å². The van der Waals surface area contributed by atoms with Crippen LogP contribution < -0.4 is 4.90 Å². The van der Waals surface area contributed by atoms with E-state index in [-0.39, 0.29) is 11.7 Å². The molecule has 7 heteroatoms. The average Bonchev–Trinajstić information content (AvgIpc) is 3.23. The normalized spacial score (nSPS) is 11.8. The first kappa shape index (κ1) is 21.6. The first-order valence-corrected chi connectivity index (χ1v) is 11.3. The number of phenolic OH excluding ortho intramolecular Hbond substituents is 1. The fourth-order valence-electron chi connectivity index (χ4n) is 3.43. The van der Waals surface area contributed by atoms with Crippen molar-refractivity contribution >= 4 is 29.0 Å². The SMILES string of the molecule is CCn1c(S[C@H](C)C(=O)N(c2ccccc2)c2ccccc2)nnc1-c1ccc(O)cc1. The lowest BCUT2D eigenvalue weighted by atomic mass is 10.2. The van der Waals surface area contributed by atoms with Gasteiger partial charge in [0.25, 0.3) is 0 Å². The number of nitrogens with zero attached hydrogens (tertiary/aromatic N) is 4. The van der Waals surface area contributed by atoms with Gasteiger partial charge in [-0.1, -0.05) is 48.2 Å². The van der Waals surface area contributed by atoms with E-state index in [0.717, 1.165) is 16.9 Å². The Morgan fingerprint density at radius 1 is 0.938 bits per heavy atom. The Morgan fingerprint density at radius 3 is 2.03 bits per heavy atom. The summed E-state index contributed by atoms with van der Waals surface area (Å²) in [6.45, 7) is 4.57. The molecule has 6 nitrogen and oxygen atoms in total. The summed E-state index contributed by atoms with van der Waals surface area (Å²) in [6, 6.07) is 26.2. The summed E-state index contributed by atoms with van der Waals surface area (Å²) in [4.78, 5) is 15.3. The van der Waals surface area contributed by atoms with Crippen LogP contribution in [0.2, 0.25) is 0 Å². The molecule has 4 aromatic rings. The number of aromatic hydroxyl groups is 1. The molecule has 4 rings (SSSR count). The molecular weight excluding hydrogens is 420 g/mol. The molecule has 1 N–H and O–H groups in total. The van der Waals surface area contributed by atoms with Crippen LogP contribution in [0.3, 0.4) is 0 Å². The number of amides is 1. The number of para-hydroxylation sites is 2. The van der Waals surface area contributed by atoms with Crippen molar-refractivity contribution in [2.45, 2.75) is 30.8 Å². The fourth-order valence-corrected chi connectivity index (χ4v) is 4.39. The quantitative estimate of drug-likeness (QED) is 0.380. The molecule has 0 aliphatic heterocycles. The summed E-state index contributed by atoms with van der Waals surface area (Å²) in [7, 11) is 0. The molecule has 1 heterocycles. The van der Waals surface area contributed by atoms with Gasteiger partial charge in [0, 0.05) is 23.5 Å². The first-order chi connectivity index (χ1) is 15.6. The summed E-state index contributed by atoms with van der Waals surface area (Å²) in [5, 5.41) is 18.6. The number of phenols is 1. The Hall–Kier alpha value is -3.58. The highest BCUT2D eigenvalue weighted by Crippen LogP contribution is 2.32. The van der Waals surface area contributed by atoms with E-state index in [1.165, 1.54) is 11.8 Å². The summed E-state index contributed by atoms with van der Waals surface area (Å²) < 4.78 is 1.98. The standard InChI is InChI=1S/C25H24N4O2S/c1-3-28-23(19-14-16-22(30)17-15-19)26-27-25(28)32-18(2)24(31)29(20-10-6-4-7-11-20)21-12-8-5-9-13-21/h4-18,30H,3H2,1-2H3/t18-/m1/s1. The molecule has 0 radical (unpaired) electrons. The van der Waals surface area contributed by atoms with Crippen molar-refractivity contribution in [2.75, 3.05) is 4.90 Å². The van der Waals surface area contributed by atoms with Crippen LogP contribution in [0.25, 0.3) is 11.4 Å². The van der Waals surface area contributed by atoms with Crippen LogP contribution >= 0.6 is 11.8 Å². The van der Waals surface area contributed by atoms with E-state index in [0.29, 0.717) is 17.5 Å². The highest BCUT2D eigenvalue weighted by Gasteiger charge is 2.26. The maximum absolute atomic E-state index is 13.6. The molecule has 3 aromatic carbocycles. The molecule has 0 saturated heterocycles. The van der Waals surface area contributed by atoms with E-state index in [1.807, 2.05) is 79.1 Å². The number of hydrogen-bond acceptors (Lipinski definition) is 5. The number of thioether (sulfide) groups is 1. The zero-order valence-corrected chi connectivity index (χ0v) is 18.7. The molecule has 32 heavy (non-hydrogen) atoms. The average molecular weight is 445 g/mol. The van der Waals surface area contributed by atoms with E-state index in [2.05, 4.69) is 10.2 Å². The molecule has 1 aromatic heterocycles. The zero-order chi connectivity index (χ0) is 22.5. The Morgan fingerprint density at radius 2 is 1.50 bits per heavy atom. The van der Waals surface area contributed by atoms with Crippen LogP contribution in [0.15, 0.2) is 90.1 Å². The minimum atomic E-state index is -0.391. The van der Waals surface area contributed by atoms with E-state index in [4.69, 9.17) is 0 Å². The van der Waals surface area contributed by atoms with E-state index in [1.54, 1.807) is 29.2 Å². The first-order valence-electron chi connectivity index (χ1n) is 10.4. The maximum Gasteiger partial charge on any atom is 0.244 e. The highest BCUT2D eigenvalue weighted by molar-refractivity contribution is 8.00. The van der Waals surface area contributed by atoms with Crippen molar-refractivity contribution in [3.63, 3.8) is 0 Å². The van der Waals surface area contributed by atoms with Crippen molar-refractivity contribution < 1.29 is 9.90 Å². The van der Waals surface area contributed by atoms with Gasteiger partial charge in [-0.25, -0.2) is 0 Å². The van der Waals surface area contributed by atoms with Gasteiger partial charge in [0.05, 0.1) is 5.25 Å². The van der Waals surface area contributed by atoms with Crippen molar-refractivity contribution in [2.24, 2.45) is 0 Å². The van der Waals surface area contributed by atoms with Gasteiger partial charge in [-0.3, -0.25) is 9.69 Å². The predicted octanol–water partition coefficient (Wildman–Crippen LogP) is 5.52. The van der Waals surface area contributed by atoms with Gasteiger partial charge >= 0.3 is 0 Å². The second-order valence-electron chi connectivity index (χ2n) is 7.20. The van der Waals surface area contributed by atoms with Gasteiger partial charge in [-0.05, 0) is 62.4 Å². The second kappa shape index (κ2) is 9.70. The van der Waals surface area contributed by atoms with Crippen LogP contribution in [0.4, 0.5) is 11.4 Å². The van der Waals surface area contributed by atoms with Gasteiger partial charge in [-0.2, -0.15) is 0 Å². The van der Waals surface area contributed by atoms with Crippen LogP contribution in [0.5, 0.6) is 5.75 Å². The second-order valence-corrected chi connectivity index (χ2v) is 8.51. The number of anilines is 2. The molecule has 1 amide bonds. The molecule has 0 spiro atoms. The number of carbonyl (C=O) groups is 1. The minimum absolute atomic E-state index is 0.0377. The third-order valence-electron chi connectivity index (χ3n) is 5.04. The van der Waals surface area contributed by atoms with Gasteiger partial charge in [-0.15, -0.1) is 10.2 Å². The van der Waals surface area contributed by atoms with Gasteiger partial charge in [0.15, 0.2) is 11.0 Å². The lowest BCUT2D eigenvalue weighted by Gasteiger charge is -2.25. The van der Waals surface area contributed by atoms with E-state index in [9.17, 15) is 9.90 Å². The maximum atomic E-state index is 13.6. The summed E-state index contributed by atoms with van der Waals surface area (Å²) in [5.74, 6) is 0.869. The number of benzene rings is 3. The smallest absolute Gasteiger partial charge is 0.244 e. The van der Waals surface area contributed by atoms with E-state index < -0.39 is 5.25 Å². The van der Waals surface area contributed by atoms with Crippen molar-refractivity contribution in [3.05, 3.63) is 84.9 Å². The Bertz CT molecular complexity index is 1140. The Labute approximate surface area is 191 Å². The van der Waals surface area contributed by atoms with Gasteiger partial charge in [0.1, 0.15) is 5.75 Å². The number of carbonyl (C=O) groups excluding carboxylic acids is 1. The molecule has 162 valence electrons. The molecule has 1 atom stereocenters. The predicted molar refractivity (Wildman–Crippen MR) is 128 cm³/mol. The third-order valence-corrected chi connectivity index (χ3v) is 6.11. The number of hydrogen-bond donors (Lipinski definition) is 1. The molecule has 0 bridgehead atoms. The van der Waals surface area contributed by atoms with Crippen LogP contribution in [-0.4, -0.2) is 31.0 Å². The molecule has 0 aliphatic carbocycles. The highest BCUT2D eigenvalue weighted by atomic mass is 32.2. The van der Waals surface area contributed by atoms with Crippen LogP contribution in [0, 0.1) is 0 Å². The van der Waals surface area contributed by atoms with Gasteiger partial charge in [0.2, 0.25) is 5.91 Å². The molecule has 0 unspecified atom stereocenters. The summed E-state index contributed by atoms with van der Waals surface area (Å²) in [5.41, 5.74) is 2.49. The number of rotatable bonds is 7. The zero-order valence-electron chi connectivity index (χ0n) is 17.9. The lowest BCUT2D eigenvalue weighted by Crippen LogP contribution is -2.33. The Kier molecular flexibility index (Phi) is 6.56. The molecule has 0 aliphatic rings. The Balaban J connectivity index is 1.62. The van der Waals surface area contributed by atoms with Crippen molar-refractivity contribution in [1.29, 1.82) is 0 Å². The minimum Gasteiger partial charge on any atom is -0.508 e. The largest absolute Gasteiger partial charge is 0.508 e. The summed E-state index contributed by atoms with van der Waals surface area (Å²) in [6.07, 6.45) is 0. The molecule has 0 fully saturated rings. The van der Waals surface area contributed by atoms with Gasteiger partial charge < -0.3 is 9.67 Å². The van der Waals surface area contributed by atoms with Crippen LogP contribution in [0.1, 0.15) is 13.8 Å². The van der Waals surface area contributed by atoms with E-state index >= 15 is 0 Å². The third kappa shape index (κ3) is 4.53. The number of aromatic nitrogens is 3. The van der Waals surface area contributed by atoms with Crippen LogP contribution in [-0.2, 0) is 11.3 Å². The molecule has 0 saturated carbocycles. The van der Waals surface area contributed by atoms with Crippen molar-refractivity contribution in [3.8, 4) is 17.1 Å². The fraction of sp³-hybridized carbons (Fsp3) is 0.160. The molecular formula is C25H24N4O2S. The summed E-state index contributed by atoms with van der Waals surface area (Å²) >= 11 is 1.39.